The predicted octanol–water partition coefficient (Wildman–Crippen LogP) is 3.85. The van der Waals surface area contributed by atoms with Gasteiger partial charge in [-0.15, -0.1) is 0 Å². The lowest BCUT2D eigenvalue weighted by Gasteiger charge is -2.39. The van der Waals surface area contributed by atoms with Crippen molar-refractivity contribution in [2.24, 2.45) is 0 Å². The van der Waals surface area contributed by atoms with Gasteiger partial charge in [0.1, 0.15) is 6.04 Å². The minimum absolute atomic E-state index is 0.252. The SMILES string of the molecule is COC(=O)C(c1ccccc1)N1CCN(c2ccc(NC(=O)c3ccccc3C#N)cc2)CC1. The lowest BCUT2D eigenvalue weighted by atomic mass is 10.0. The van der Waals surface area contributed by atoms with Gasteiger partial charge in [0.25, 0.3) is 5.91 Å². The lowest BCUT2D eigenvalue weighted by molar-refractivity contribution is -0.147. The van der Waals surface area contributed by atoms with E-state index in [1.807, 2.05) is 60.7 Å². The largest absolute Gasteiger partial charge is 0.468 e. The Labute approximate surface area is 199 Å². The van der Waals surface area contributed by atoms with Crippen LogP contribution in [0, 0.1) is 11.3 Å². The van der Waals surface area contributed by atoms with Crippen LogP contribution in [0.15, 0.2) is 78.9 Å². The van der Waals surface area contributed by atoms with Gasteiger partial charge in [-0.25, -0.2) is 4.79 Å². The van der Waals surface area contributed by atoms with Gasteiger partial charge in [0, 0.05) is 37.6 Å². The standard InChI is InChI=1S/C27H26N4O3/c1-34-27(33)25(20-7-3-2-4-8-20)31-17-15-30(16-18-31)23-13-11-22(12-14-23)29-26(32)24-10-6-5-9-21(24)19-28/h2-14,25H,15-18H2,1H3,(H,29,32). The molecule has 1 saturated heterocycles. The number of rotatable bonds is 6. The molecular weight excluding hydrogens is 428 g/mol. The summed E-state index contributed by atoms with van der Waals surface area (Å²) in [6, 6.07) is 25.7. The number of piperazine rings is 1. The van der Waals surface area contributed by atoms with Crippen LogP contribution in [0.3, 0.4) is 0 Å². The van der Waals surface area contributed by atoms with Crippen LogP contribution in [0.5, 0.6) is 0 Å². The molecule has 34 heavy (non-hydrogen) atoms. The van der Waals surface area contributed by atoms with Gasteiger partial charge in [0.2, 0.25) is 0 Å². The summed E-state index contributed by atoms with van der Waals surface area (Å²) in [5.41, 5.74) is 3.33. The first-order valence-corrected chi connectivity index (χ1v) is 11.1. The van der Waals surface area contributed by atoms with Crippen molar-refractivity contribution in [3.63, 3.8) is 0 Å². The van der Waals surface area contributed by atoms with Crippen LogP contribution in [-0.2, 0) is 9.53 Å². The van der Waals surface area contributed by atoms with E-state index in [9.17, 15) is 14.9 Å². The topological polar surface area (TPSA) is 85.7 Å². The van der Waals surface area contributed by atoms with Crippen molar-refractivity contribution in [3.8, 4) is 6.07 Å². The molecule has 1 aliphatic rings. The summed E-state index contributed by atoms with van der Waals surface area (Å²) in [5.74, 6) is -0.564. The molecule has 1 aliphatic heterocycles. The van der Waals surface area contributed by atoms with E-state index in [0.717, 1.165) is 37.4 Å². The number of amides is 1. The molecule has 0 radical (unpaired) electrons. The smallest absolute Gasteiger partial charge is 0.327 e. The normalized spacial score (nSPS) is 14.6. The van der Waals surface area contributed by atoms with Crippen molar-refractivity contribution in [1.82, 2.24) is 4.90 Å². The zero-order valence-electron chi connectivity index (χ0n) is 19.0. The number of carbonyl (C=O) groups is 2. The van der Waals surface area contributed by atoms with Gasteiger partial charge in [0.05, 0.1) is 24.3 Å². The van der Waals surface area contributed by atoms with E-state index in [2.05, 4.69) is 15.1 Å². The number of nitrogens with one attached hydrogen (secondary N) is 1. The number of ether oxygens (including phenoxy) is 1. The molecule has 0 aromatic heterocycles. The Kier molecular flexibility index (Phi) is 7.21. The Balaban J connectivity index is 1.39. The van der Waals surface area contributed by atoms with E-state index < -0.39 is 6.04 Å². The molecule has 0 saturated carbocycles. The molecule has 0 spiro atoms. The van der Waals surface area contributed by atoms with E-state index in [1.165, 1.54) is 7.11 Å². The molecule has 1 atom stereocenters. The van der Waals surface area contributed by atoms with Crippen molar-refractivity contribution in [2.75, 3.05) is 43.5 Å². The second-order valence-electron chi connectivity index (χ2n) is 8.02. The number of hydrogen-bond donors (Lipinski definition) is 1. The Morgan fingerprint density at radius 2 is 1.56 bits per heavy atom. The quantitative estimate of drug-likeness (QED) is 0.570. The van der Waals surface area contributed by atoms with Crippen LogP contribution < -0.4 is 10.2 Å². The first kappa shape index (κ1) is 23.0. The summed E-state index contributed by atoms with van der Waals surface area (Å²) in [6.07, 6.45) is 0. The molecule has 7 nitrogen and oxygen atoms in total. The van der Waals surface area contributed by atoms with Crippen LogP contribution in [0.2, 0.25) is 0 Å². The highest BCUT2D eigenvalue weighted by molar-refractivity contribution is 6.05. The highest BCUT2D eigenvalue weighted by Crippen LogP contribution is 2.26. The fourth-order valence-electron chi connectivity index (χ4n) is 4.21. The van der Waals surface area contributed by atoms with Crippen LogP contribution in [0.25, 0.3) is 0 Å². The molecule has 3 aromatic carbocycles. The number of hydrogen-bond acceptors (Lipinski definition) is 6. The number of nitrogens with zero attached hydrogens (tertiary/aromatic N) is 3. The van der Waals surface area contributed by atoms with Crippen molar-refractivity contribution in [2.45, 2.75) is 6.04 Å². The molecule has 1 N–H and O–H groups in total. The van der Waals surface area contributed by atoms with Gasteiger partial charge < -0.3 is 15.0 Å². The van der Waals surface area contributed by atoms with Crippen LogP contribution in [-0.4, -0.2) is 50.1 Å². The maximum atomic E-state index is 12.6. The molecule has 0 aliphatic carbocycles. The number of carbonyl (C=O) groups excluding carboxylic acids is 2. The summed E-state index contributed by atoms with van der Waals surface area (Å²) in [5, 5.41) is 12.1. The molecule has 1 fully saturated rings. The fourth-order valence-corrected chi connectivity index (χ4v) is 4.21. The summed E-state index contributed by atoms with van der Waals surface area (Å²) < 4.78 is 5.08. The van der Waals surface area contributed by atoms with E-state index >= 15 is 0 Å². The minimum atomic E-state index is -0.415. The molecule has 0 bridgehead atoms. The Morgan fingerprint density at radius 3 is 2.21 bits per heavy atom. The first-order valence-electron chi connectivity index (χ1n) is 11.1. The summed E-state index contributed by atoms with van der Waals surface area (Å²) in [4.78, 5) is 29.5. The average molecular weight is 455 g/mol. The van der Waals surface area contributed by atoms with Crippen molar-refractivity contribution >= 4 is 23.3 Å². The predicted molar refractivity (Wildman–Crippen MR) is 131 cm³/mol. The highest BCUT2D eigenvalue weighted by Gasteiger charge is 2.31. The first-order chi connectivity index (χ1) is 16.6. The van der Waals surface area contributed by atoms with E-state index in [-0.39, 0.29) is 11.9 Å². The van der Waals surface area contributed by atoms with Crippen molar-refractivity contribution in [3.05, 3.63) is 95.6 Å². The Bertz CT molecular complexity index is 1180. The second-order valence-corrected chi connectivity index (χ2v) is 8.02. The molecule has 1 heterocycles. The zero-order chi connectivity index (χ0) is 23.9. The summed E-state index contributed by atoms with van der Waals surface area (Å²) in [7, 11) is 1.42. The number of methoxy groups -OCH3 is 1. The monoisotopic (exact) mass is 454 g/mol. The Morgan fingerprint density at radius 1 is 0.912 bits per heavy atom. The number of nitriles is 1. The summed E-state index contributed by atoms with van der Waals surface area (Å²) >= 11 is 0. The minimum Gasteiger partial charge on any atom is -0.468 e. The van der Waals surface area contributed by atoms with Gasteiger partial charge in [0.15, 0.2) is 0 Å². The van der Waals surface area contributed by atoms with E-state index in [0.29, 0.717) is 16.8 Å². The third kappa shape index (κ3) is 5.08. The maximum Gasteiger partial charge on any atom is 0.327 e. The second kappa shape index (κ2) is 10.6. The molecule has 4 rings (SSSR count). The highest BCUT2D eigenvalue weighted by atomic mass is 16.5. The Hall–Kier alpha value is -4.15. The van der Waals surface area contributed by atoms with Gasteiger partial charge in [-0.2, -0.15) is 5.26 Å². The average Bonchev–Trinajstić information content (AvgIpc) is 2.90. The van der Waals surface area contributed by atoms with Crippen LogP contribution in [0.4, 0.5) is 11.4 Å². The molecule has 3 aromatic rings. The van der Waals surface area contributed by atoms with Crippen LogP contribution >= 0.6 is 0 Å². The third-order valence-corrected chi connectivity index (χ3v) is 6.00. The third-order valence-electron chi connectivity index (χ3n) is 6.00. The molecule has 172 valence electrons. The van der Waals surface area contributed by atoms with Crippen molar-refractivity contribution < 1.29 is 14.3 Å². The number of benzene rings is 3. The van der Waals surface area contributed by atoms with Gasteiger partial charge in [-0.1, -0.05) is 42.5 Å². The van der Waals surface area contributed by atoms with Crippen molar-refractivity contribution in [1.29, 1.82) is 5.26 Å². The molecular formula is C27H26N4O3. The molecule has 7 heteroatoms. The van der Waals surface area contributed by atoms with E-state index in [1.54, 1.807) is 24.3 Å². The fraction of sp³-hybridized carbons (Fsp3) is 0.222. The number of esters is 1. The molecule has 1 amide bonds. The zero-order valence-corrected chi connectivity index (χ0v) is 19.0. The van der Waals surface area contributed by atoms with Crippen LogP contribution in [0.1, 0.15) is 27.5 Å². The van der Waals surface area contributed by atoms with Gasteiger partial charge >= 0.3 is 5.97 Å². The van der Waals surface area contributed by atoms with E-state index in [4.69, 9.17) is 4.74 Å². The van der Waals surface area contributed by atoms with Gasteiger partial charge in [-0.05, 0) is 42.0 Å². The lowest BCUT2D eigenvalue weighted by Crippen LogP contribution is -2.49. The maximum absolute atomic E-state index is 12.6. The number of anilines is 2. The van der Waals surface area contributed by atoms with Gasteiger partial charge in [-0.3, -0.25) is 9.69 Å². The molecule has 1 unspecified atom stereocenters. The summed E-state index contributed by atoms with van der Waals surface area (Å²) in [6.45, 7) is 2.97.